The first kappa shape index (κ1) is 20.7. The van der Waals surface area contributed by atoms with Crippen LogP contribution in [-0.4, -0.2) is 36.9 Å². The molecule has 1 aromatic carbocycles. The Labute approximate surface area is 146 Å². The molecule has 8 nitrogen and oxygen atoms in total. The maximum absolute atomic E-state index is 10.4. The van der Waals surface area contributed by atoms with E-state index in [0.29, 0.717) is 29.4 Å². The molecule has 2 atom stereocenters. The molecule has 8 heteroatoms. The van der Waals surface area contributed by atoms with Gasteiger partial charge in [-0.1, -0.05) is 19.9 Å². The summed E-state index contributed by atoms with van der Waals surface area (Å²) >= 11 is 0. The van der Waals surface area contributed by atoms with Gasteiger partial charge in [-0.2, -0.15) is 0 Å². The minimum Gasteiger partial charge on any atom is -0.550 e. The molecule has 0 aliphatic carbocycles. The van der Waals surface area contributed by atoms with Gasteiger partial charge in [0.2, 0.25) is 6.79 Å². The Balaban J connectivity index is 0.000000275. The number of nitrogens with one attached hydrogen (secondary N) is 1. The minimum atomic E-state index is -1.17. The Morgan fingerprint density at radius 1 is 1.32 bits per heavy atom. The summed E-state index contributed by atoms with van der Waals surface area (Å²) in [5.41, 5.74) is 6.37. The second kappa shape index (κ2) is 9.85. The summed E-state index contributed by atoms with van der Waals surface area (Å²) in [6.07, 6.45) is 0.478. The van der Waals surface area contributed by atoms with Crippen molar-refractivity contribution in [2.24, 2.45) is 11.7 Å². The Morgan fingerprint density at radius 2 is 1.96 bits per heavy atom. The van der Waals surface area contributed by atoms with Crippen molar-refractivity contribution in [1.82, 2.24) is 5.32 Å². The van der Waals surface area contributed by atoms with Gasteiger partial charge in [0, 0.05) is 18.4 Å². The van der Waals surface area contributed by atoms with E-state index >= 15 is 0 Å². The first-order chi connectivity index (χ1) is 11.7. The fourth-order valence-electron chi connectivity index (χ4n) is 2.25. The Hall–Kier alpha value is -2.32. The molecule has 140 valence electrons. The average Bonchev–Trinajstić information content (AvgIpc) is 2.99. The number of hydrogen-bond acceptors (Lipinski definition) is 7. The largest absolute Gasteiger partial charge is 0.550 e. The lowest BCUT2D eigenvalue weighted by Crippen LogP contribution is -2.34. The molecule has 0 bridgehead atoms. The van der Waals surface area contributed by atoms with Crippen LogP contribution in [0.3, 0.4) is 0 Å². The maximum atomic E-state index is 10.4. The van der Waals surface area contributed by atoms with Crippen LogP contribution in [0.5, 0.6) is 11.5 Å². The van der Waals surface area contributed by atoms with Gasteiger partial charge < -0.3 is 35.5 Å². The predicted octanol–water partition coefficient (Wildman–Crippen LogP) is 0.260. The van der Waals surface area contributed by atoms with Gasteiger partial charge in [0.05, 0.1) is 0 Å². The number of likely N-dealkylation sites (N-methyl/N-ethyl adjacent to an activating group) is 1. The molecule has 1 heterocycles. The van der Waals surface area contributed by atoms with Crippen molar-refractivity contribution in [2.45, 2.75) is 38.8 Å². The van der Waals surface area contributed by atoms with Gasteiger partial charge in [0.1, 0.15) is 6.04 Å². The number of aliphatic carboxylic acids is 2. The van der Waals surface area contributed by atoms with E-state index in [4.69, 9.17) is 20.3 Å². The fraction of sp³-hybridized carbons (Fsp3) is 0.529. The lowest BCUT2D eigenvalue weighted by Gasteiger charge is -2.12. The molecule has 0 fully saturated rings. The molecule has 0 saturated carbocycles. The third-order valence-electron chi connectivity index (χ3n) is 3.57. The highest BCUT2D eigenvalue weighted by molar-refractivity contribution is 5.73. The van der Waals surface area contributed by atoms with Crippen molar-refractivity contribution >= 4 is 11.9 Å². The molecule has 1 aromatic rings. The Bertz CT molecular complexity index is 591. The maximum Gasteiger partial charge on any atom is 0.320 e. The average molecular weight is 353 g/mol. The number of nitrogens with two attached hydrogens (primary N) is 1. The van der Waals surface area contributed by atoms with Crippen LogP contribution in [0.1, 0.15) is 38.3 Å². The van der Waals surface area contributed by atoms with E-state index in [1.807, 2.05) is 13.8 Å². The summed E-state index contributed by atoms with van der Waals surface area (Å²) in [5, 5.41) is 21.7. The van der Waals surface area contributed by atoms with Crippen LogP contribution in [-0.2, 0) is 9.59 Å². The molecule has 0 radical (unpaired) electrons. The molecular weight excluding hydrogens is 328 g/mol. The second-order valence-electron chi connectivity index (χ2n) is 6.10. The van der Waals surface area contributed by atoms with Crippen molar-refractivity contribution in [2.75, 3.05) is 13.8 Å². The number of carbonyl (C=O) groups is 2. The van der Waals surface area contributed by atoms with E-state index in [1.54, 1.807) is 25.2 Å². The van der Waals surface area contributed by atoms with Gasteiger partial charge in [-0.3, -0.25) is 4.79 Å². The van der Waals surface area contributed by atoms with Crippen LogP contribution in [0.25, 0.3) is 0 Å². The normalized spacial score (nSPS) is 14.4. The molecule has 0 spiro atoms. The highest BCUT2D eigenvalue weighted by Gasteiger charge is 2.16. The molecular formula is C17H25N2O6-. The van der Waals surface area contributed by atoms with Gasteiger partial charge in [-0.05, 0) is 37.1 Å². The highest BCUT2D eigenvalue weighted by Crippen LogP contribution is 2.34. The smallest absolute Gasteiger partial charge is 0.320 e. The Kier molecular flexibility index (Phi) is 8.17. The number of carboxylic acid groups (broad SMARTS) is 2. The molecule has 1 unspecified atom stereocenters. The first-order valence-corrected chi connectivity index (χ1v) is 7.99. The van der Waals surface area contributed by atoms with Crippen molar-refractivity contribution < 1.29 is 29.3 Å². The quantitative estimate of drug-likeness (QED) is 0.635. The summed E-state index contributed by atoms with van der Waals surface area (Å²) in [6, 6.07) is 4.16. The summed E-state index contributed by atoms with van der Waals surface area (Å²) in [7, 11) is 1.67. The molecule has 25 heavy (non-hydrogen) atoms. The van der Waals surface area contributed by atoms with Crippen molar-refractivity contribution in [3.05, 3.63) is 23.8 Å². The van der Waals surface area contributed by atoms with Gasteiger partial charge >= 0.3 is 5.97 Å². The highest BCUT2D eigenvalue weighted by atomic mass is 16.7. The van der Waals surface area contributed by atoms with Crippen LogP contribution in [0.15, 0.2) is 18.2 Å². The second-order valence-corrected chi connectivity index (χ2v) is 6.10. The zero-order chi connectivity index (χ0) is 19.0. The minimum absolute atomic E-state index is 0.189. The van der Waals surface area contributed by atoms with Crippen molar-refractivity contribution in [1.29, 1.82) is 0 Å². The number of benzene rings is 1. The van der Waals surface area contributed by atoms with Crippen LogP contribution >= 0.6 is 0 Å². The van der Waals surface area contributed by atoms with Gasteiger partial charge in [0.15, 0.2) is 11.5 Å². The molecule has 1 aliphatic heterocycles. The zero-order valence-electron chi connectivity index (χ0n) is 14.7. The van der Waals surface area contributed by atoms with Gasteiger partial charge in [0.25, 0.3) is 0 Å². The molecule has 4 N–H and O–H groups in total. The van der Waals surface area contributed by atoms with E-state index in [-0.39, 0.29) is 19.3 Å². The Morgan fingerprint density at radius 3 is 2.44 bits per heavy atom. The first-order valence-electron chi connectivity index (χ1n) is 7.99. The number of carbonyl (C=O) groups excluding carboxylic acids is 1. The van der Waals surface area contributed by atoms with E-state index in [2.05, 4.69) is 5.32 Å². The number of ether oxygens (including phenoxy) is 2. The van der Waals surface area contributed by atoms with Crippen LogP contribution in [0.4, 0.5) is 0 Å². The van der Waals surface area contributed by atoms with E-state index in [0.717, 1.165) is 0 Å². The van der Waals surface area contributed by atoms with Crippen LogP contribution in [0.2, 0.25) is 0 Å². The lowest BCUT2D eigenvalue weighted by atomic mass is 10.0. The monoisotopic (exact) mass is 353 g/mol. The molecule has 0 amide bonds. The van der Waals surface area contributed by atoms with E-state index in [9.17, 15) is 14.7 Å². The molecule has 2 rings (SSSR count). The standard InChI is InChI=1S/C10H11NO4.C7H15NO2/c11-7(4-10(12)13)6-1-2-8-9(3-6)15-5-14-8;1-5(2)4-6(8-3)7(9)10/h1-3,7H,4-5,11H2,(H,12,13);5-6,8H,4H2,1-3H3,(H,9,10)/p-1/t;6-/m.0/s1. The third-order valence-corrected chi connectivity index (χ3v) is 3.57. The van der Waals surface area contributed by atoms with Crippen molar-refractivity contribution in [3.8, 4) is 11.5 Å². The SMILES string of the molecule is CN[C@@H](CC(C)C)C(=O)O.NC(CC(=O)[O-])c1ccc2c(c1)OCO2. The third kappa shape index (κ3) is 6.98. The topological polar surface area (TPSA) is 134 Å². The number of hydrogen-bond donors (Lipinski definition) is 3. The fourth-order valence-corrected chi connectivity index (χ4v) is 2.25. The zero-order valence-corrected chi connectivity index (χ0v) is 14.7. The molecule has 1 aliphatic rings. The van der Waals surface area contributed by atoms with Gasteiger partial charge in [-0.25, -0.2) is 0 Å². The van der Waals surface area contributed by atoms with Crippen LogP contribution < -0.4 is 25.6 Å². The number of fused-ring (bicyclic) bond motifs is 1. The van der Waals surface area contributed by atoms with Gasteiger partial charge in [-0.15, -0.1) is 0 Å². The predicted molar refractivity (Wildman–Crippen MR) is 89.1 cm³/mol. The summed E-state index contributed by atoms with van der Waals surface area (Å²) in [5.74, 6) is -0.259. The van der Waals surface area contributed by atoms with E-state index < -0.39 is 18.0 Å². The summed E-state index contributed by atoms with van der Waals surface area (Å²) in [4.78, 5) is 20.8. The summed E-state index contributed by atoms with van der Waals surface area (Å²) < 4.78 is 10.3. The summed E-state index contributed by atoms with van der Waals surface area (Å²) in [6.45, 7) is 4.20. The molecule has 0 saturated heterocycles. The van der Waals surface area contributed by atoms with E-state index in [1.165, 1.54) is 0 Å². The lowest BCUT2D eigenvalue weighted by molar-refractivity contribution is -0.306. The number of carboxylic acids is 2. The molecule has 0 aromatic heterocycles. The number of rotatable bonds is 7. The van der Waals surface area contributed by atoms with Crippen molar-refractivity contribution in [3.63, 3.8) is 0 Å². The van der Waals surface area contributed by atoms with Crippen LogP contribution in [0, 0.1) is 5.92 Å².